The van der Waals surface area contributed by atoms with Crippen molar-refractivity contribution in [1.29, 1.82) is 0 Å². The fourth-order valence-corrected chi connectivity index (χ4v) is 10.6. The molecule has 0 aromatic heterocycles. The maximum Gasteiger partial charge on any atom is 0.306 e. The molecule has 0 radical (unpaired) electrons. The van der Waals surface area contributed by atoms with Gasteiger partial charge in [-0.25, -0.2) is 0 Å². The molecule has 0 spiro atoms. The highest BCUT2D eigenvalue weighted by Gasteiger charge is 2.27. The van der Waals surface area contributed by atoms with Crippen molar-refractivity contribution in [2.45, 2.75) is 341 Å². The van der Waals surface area contributed by atoms with Crippen molar-refractivity contribution in [1.82, 2.24) is 5.32 Å². The molecular formula is C67H129N2O7P. The number of esters is 1. The quantitative estimate of drug-likeness (QED) is 0.0212. The molecule has 9 nitrogen and oxygen atoms in total. The van der Waals surface area contributed by atoms with Crippen LogP contribution in [0.2, 0.25) is 0 Å². The SMILES string of the molecule is CCCCCCCC/C=C/CCCCCCCCCCCCCC(=O)NC(COP(=O)([O-])OCC[N+](C)(C)C)C(/C=C/CCCCCCCCCCC)OC(=O)CCCCCCCCCCC/C=C/CCCCCCCC. The number of rotatable bonds is 61. The molecule has 0 aromatic carbocycles. The lowest BCUT2D eigenvalue weighted by Gasteiger charge is -2.30. The Morgan fingerprint density at radius 2 is 0.753 bits per heavy atom. The Morgan fingerprint density at radius 3 is 1.10 bits per heavy atom. The molecule has 1 N–H and O–H groups in total. The molecule has 0 aromatic rings. The summed E-state index contributed by atoms with van der Waals surface area (Å²) in [6.45, 7) is 6.87. The minimum absolute atomic E-state index is 0.0207. The first-order valence-corrected chi connectivity index (χ1v) is 34.8. The van der Waals surface area contributed by atoms with Crippen molar-refractivity contribution in [3.8, 4) is 0 Å². The molecule has 454 valence electrons. The van der Waals surface area contributed by atoms with Crippen molar-refractivity contribution in [2.24, 2.45) is 0 Å². The number of carbonyl (C=O) groups is 2. The molecule has 0 aliphatic rings. The summed E-state index contributed by atoms with van der Waals surface area (Å²) >= 11 is 0. The van der Waals surface area contributed by atoms with Crippen molar-refractivity contribution in [3.05, 3.63) is 36.5 Å². The van der Waals surface area contributed by atoms with E-state index in [-0.39, 0.29) is 31.5 Å². The van der Waals surface area contributed by atoms with Crippen LogP contribution in [0.3, 0.4) is 0 Å². The molecule has 3 atom stereocenters. The van der Waals surface area contributed by atoms with Crippen LogP contribution in [0.5, 0.6) is 0 Å². The van der Waals surface area contributed by atoms with E-state index in [4.69, 9.17) is 13.8 Å². The van der Waals surface area contributed by atoms with Gasteiger partial charge in [-0.2, -0.15) is 0 Å². The van der Waals surface area contributed by atoms with Crippen LogP contribution in [0.1, 0.15) is 329 Å². The largest absolute Gasteiger partial charge is 0.756 e. The van der Waals surface area contributed by atoms with E-state index in [1.54, 1.807) is 0 Å². The third kappa shape index (κ3) is 58.7. The van der Waals surface area contributed by atoms with E-state index in [0.717, 1.165) is 57.8 Å². The summed E-state index contributed by atoms with van der Waals surface area (Å²) in [5.41, 5.74) is 0. The van der Waals surface area contributed by atoms with E-state index in [0.29, 0.717) is 17.4 Å². The van der Waals surface area contributed by atoms with Gasteiger partial charge in [0.2, 0.25) is 5.91 Å². The van der Waals surface area contributed by atoms with Crippen molar-refractivity contribution in [2.75, 3.05) is 40.9 Å². The molecule has 0 saturated carbocycles. The molecule has 0 saturated heterocycles. The second kappa shape index (κ2) is 57.5. The summed E-state index contributed by atoms with van der Waals surface area (Å²) in [4.78, 5) is 40.0. The maximum absolute atomic E-state index is 13.6. The Labute approximate surface area is 478 Å². The number of allylic oxidation sites excluding steroid dienone is 5. The van der Waals surface area contributed by atoms with Gasteiger partial charge in [0.25, 0.3) is 7.82 Å². The Morgan fingerprint density at radius 1 is 0.442 bits per heavy atom. The number of amides is 1. The summed E-state index contributed by atoms with van der Waals surface area (Å²) in [7, 11) is 1.20. The van der Waals surface area contributed by atoms with Crippen molar-refractivity contribution in [3.63, 3.8) is 0 Å². The first kappa shape index (κ1) is 75.2. The Bertz CT molecular complexity index is 1410. The fourth-order valence-electron chi connectivity index (χ4n) is 9.87. The summed E-state index contributed by atoms with van der Waals surface area (Å²) in [5, 5.41) is 3.04. The number of carbonyl (C=O) groups excluding carboxylic acids is 2. The lowest BCUT2D eigenvalue weighted by molar-refractivity contribution is -0.870. The number of quaternary nitrogens is 1. The van der Waals surface area contributed by atoms with Gasteiger partial charge in [0.05, 0.1) is 33.8 Å². The average Bonchev–Trinajstić information content (AvgIpc) is 3.39. The predicted octanol–water partition coefficient (Wildman–Crippen LogP) is 20.0. The summed E-state index contributed by atoms with van der Waals surface area (Å²) < 4.78 is 30.4. The second-order valence-corrected chi connectivity index (χ2v) is 25.4. The van der Waals surface area contributed by atoms with Gasteiger partial charge in [0.1, 0.15) is 19.3 Å². The van der Waals surface area contributed by atoms with Crippen LogP contribution in [-0.2, 0) is 27.9 Å². The van der Waals surface area contributed by atoms with E-state index >= 15 is 0 Å². The first-order chi connectivity index (χ1) is 37.4. The van der Waals surface area contributed by atoms with Crippen LogP contribution in [0.15, 0.2) is 36.5 Å². The van der Waals surface area contributed by atoms with E-state index in [9.17, 15) is 19.0 Å². The third-order valence-corrected chi connectivity index (χ3v) is 16.0. The average molecular weight is 1110 g/mol. The van der Waals surface area contributed by atoms with Crippen LogP contribution in [0.25, 0.3) is 0 Å². The zero-order chi connectivity index (χ0) is 56.4. The molecule has 0 fully saturated rings. The Hall–Kier alpha value is -1.77. The van der Waals surface area contributed by atoms with E-state index < -0.39 is 20.0 Å². The highest BCUT2D eigenvalue weighted by molar-refractivity contribution is 7.45. The topological polar surface area (TPSA) is 114 Å². The van der Waals surface area contributed by atoms with E-state index in [1.807, 2.05) is 33.3 Å². The molecule has 0 aliphatic heterocycles. The number of phosphoric acid groups is 1. The molecular weight excluding hydrogens is 976 g/mol. The normalized spacial score (nSPS) is 13.8. The lowest BCUT2D eigenvalue weighted by Crippen LogP contribution is -2.47. The van der Waals surface area contributed by atoms with Gasteiger partial charge in [-0.1, -0.05) is 269 Å². The minimum atomic E-state index is -4.70. The number of nitrogens with zero attached hydrogens (tertiary/aromatic N) is 1. The summed E-state index contributed by atoms with van der Waals surface area (Å²) in [6, 6.07) is -0.886. The highest BCUT2D eigenvalue weighted by Crippen LogP contribution is 2.38. The van der Waals surface area contributed by atoms with Crippen molar-refractivity contribution >= 4 is 19.7 Å². The van der Waals surface area contributed by atoms with E-state index in [1.165, 1.54) is 238 Å². The van der Waals surface area contributed by atoms with Gasteiger partial charge in [-0.15, -0.1) is 0 Å². The number of ether oxygens (including phenoxy) is 1. The second-order valence-electron chi connectivity index (χ2n) is 24.0. The van der Waals surface area contributed by atoms with Gasteiger partial charge in [0, 0.05) is 12.8 Å². The standard InChI is InChI=1S/C67H129N2O7P/c1-7-10-13-16-19-22-25-27-29-31-33-34-36-37-39-41-44-47-50-53-56-59-66(70)68-64(63-75-77(72,73)74-62-61-69(4,5)6)65(58-55-52-49-46-43-24-21-18-15-12-9-3)76-67(71)60-57-54-51-48-45-42-40-38-35-32-30-28-26-23-20-17-14-11-8-2/h27-30,55,58,64-65H,7-26,31-54,56-57,59-63H2,1-6H3,(H-,68,70,72,73)/b29-27+,30-28+,58-55+. The molecule has 3 unspecified atom stereocenters. The molecule has 1 amide bonds. The predicted molar refractivity (Wildman–Crippen MR) is 330 cm³/mol. The smallest absolute Gasteiger partial charge is 0.306 e. The van der Waals surface area contributed by atoms with Gasteiger partial charge >= 0.3 is 5.97 Å². The fraction of sp³-hybridized carbons (Fsp3) is 0.881. The van der Waals surface area contributed by atoms with Crippen LogP contribution < -0.4 is 10.2 Å². The summed E-state index contributed by atoms with van der Waals surface area (Å²) in [5.74, 6) is -0.531. The number of likely N-dealkylation sites (N-methyl/N-ethyl adjacent to an activating group) is 1. The van der Waals surface area contributed by atoms with Gasteiger partial charge < -0.3 is 28.5 Å². The zero-order valence-electron chi connectivity index (χ0n) is 51.9. The molecule has 0 heterocycles. The van der Waals surface area contributed by atoms with Crippen molar-refractivity contribution < 1.29 is 37.3 Å². The number of nitrogens with one attached hydrogen (secondary N) is 1. The number of hydrogen-bond acceptors (Lipinski definition) is 7. The number of hydrogen-bond donors (Lipinski definition) is 1. The van der Waals surface area contributed by atoms with Crippen LogP contribution >= 0.6 is 7.82 Å². The molecule has 10 heteroatoms. The molecule has 0 aliphatic carbocycles. The Balaban J connectivity index is 5.11. The van der Waals surface area contributed by atoms with Gasteiger partial charge in [-0.05, 0) is 83.1 Å². The minimum Gasteiger partial charge on any atom is -0.756 e. The number of unbranched alkanes of at least 4 members (excludes halogenated alkanes) is 41. The van der Waals surface area contributed by atoms with Gasteiger partial charge in [0.15, 0.2) is 0 Å². The molecule has 0 bridgehead atoms. The highest BCUT2D eigenvalue weighted by atomic mass is 31.2. The zero-order valence-corrected chi connectivity index (χ0v) is 52.8. The van der Waals surface area contributed by atoms with Crippen LogP contribution in [0, 0.1) is 0 Å². The molecule has 0 rings (SSSR count). The maximum atomic E-state index is 13.6. The monoisotopic (exact) mass is 1100 g/mol. The van der Waals surface area contributed by atoms with Crippen LogP contribution in [0.4, 0.5) is 0 Å². The van der Waals surface area contributed by atoms with Gasteiger partial charge in [-0.3, -0.25) is 14.2 Å². The lowest BCUT2D eigenvalue weighted by atomic mass is 10.0. The van der Waals surface area contributed by atoms with Crippen LogP contribution in [-0.4, -0.2) is 69.4 Å². The third-order valence-electron chi connectivity index (χ3n) is 15.0. The van der Waals surface area contributed by atoms with E-state index in [2.05, 4.69) is 50.4 Å². The number of phosphoric ester groups is 1. The Kier molecular flexibility index (Phi) is 56.1. The first-order valence-electron chi connectivity index (χ1n) is 33.3. The summed E-state index contributed by atoms with van der Waals surface area (Å²) in [6.07, 6.45) is 69.7. The molecule has 77 heavy (non-hydrogen) atoms.